The number of nitro groups is 1. The molecular formula is C18H10Cl2FN3O5S. The molecule has 3 rings (SSSR count). The zero-order chi connectivity index (χ0) is 22.0. The molecule has 1 saturated heterocycles. The number of nitro benzene ring substituents is 1. The Hall–Kier alpha value is -2.95. The maximum absolute atomic E-state index is 12.9. The maximum atomic E-state index is 12.9. The third-order valence-corrected chi connectivity index (χ3v) is 5.39. The van der Waals surface area contributed by atoms with Crippen LogP contribution in [0.25, 0.3) is 6.08 Å². The van der Waals surface area contributed by atoms with E-state index < -0.39 is 40.0 Å². The molecule has 0 radical (unpaired) electrons. The molecule has 0 bridgehead atoms. The first-order valence-electron chi connectivity index (χ1n) is 8.10. The lowest BCUT2D eigenvalue weighted by Crippen LogP contribution is -2.36. The van der Waals surface area contributed by atoms with Gasteiger partial charge in [0, 0.05) is 22.3 Å². The Labute approximate surface area is 182 Å². The number of benzene rings is 2. The molecule has 0 atom stereocenters. The van der Waals surface area contributed by atoms with Crippen molar-refractivity contribution in [3.63, 3.8) is 0 Å². The monoisotopic (exact) mass is 469 g/mol. The van der Waals surface area contributed by atoms with Crippen LogP contribution in [0.2, 0.25) is 10.0 Å². The summed E-state index contributed by atoms with van der Waals surface area (Å²) in [6.07, 6.45) is 1.22. The highest BCUT2D eigenvalue weighted by atomic mass is 35.5. The molecule has 0 spiro atoms. The molecule has 0 unspecified atom stereocenters. The van der Waals surface area contributed by atoms with E-state index in [2.05, 4.69) is 5.32 Å². The van der Waals surface area contributed by atoms with Gasteiger partial charge in [-0.25, -0.2) is 4.39 Å². The van der Waals surface area contributed by atoms with Gasteiger partial charge in [-0.15, -0.1) is 0 Å². The van der Waals surface area contributed by atoms with Gasteiger partial charge in [0.05, 0.1) is 9.83 Å². The lowest BCUT2D eigenvalue weighted by molar-refractivity contribution is -0.384. The Morgan fingerprint density at radius 2 is 1.87 bits per heavy atom. The van der Waals surface area contributed by atoms with Crippen LogP contribution < -0.4 is 5.32 Å². The molecule has 2 aromatic carbocycles. The molecule has 154 valence electrons. The van der Waals surface area contributed by atoms with Crippen LogP contribution in [-0.2, 0) is 9.59 Å². The molecule has 12 heteroatoms. The first-order chi connectivity index (χ1) is 14.2. The smallest absolute Gasteiger partial charge is 0.294 e. The van der Waals surface area contributed by atoms with Crippen LogP contribution in [0.1, 0.15) is 5.56 Å². The number of hydrogen-bond acceptors (Lipinski definition) is 6. The van der Waals surface area contributed by atoms with E-state index in [1.54, 1.807) is 0 Å². The summed E-state index contributed by atoms with van der Waals surface area (Å²) >= 11 is 12.4. The van der Waals surface area contributed by atoms with E-state index in [9.17, 15) is 28.9 Å². The number of thioether (sulfide) groups is 1. The second-order valence-electron chi connectivity index (χ2n) is 5.91. The molecule has 8 nitrogen and oxygen atoms in total. The van der Waals surface area contributed by atoms with Crippen LogP contribution in [0.15, 0.2) is 41.3 Å². The number of amides is 3. The van der Waals surface area contributed by atoms with Gasteiger partial charge in [0.1, 0.15) is 17.4 Å². The number of hydrogen-bond donors (Lipinski definition) is 1. The minimum Gasteiger partial charge on any atom is -0.325 e. The average molecular weight is 470 g/mol. The third-order valence-electron chi connectivity index (χ3n) is 3.85. The average Bonchev–Trinajstić information content (AvgIpc) is 2.93. The minimum absolute atomic E-state index is 0.0476. The van der Waals surface area contributed by atoms with E-state index in [1.807, 2.05) is 0 Å². The summed E-state index contributed by atoms with van der Waals surface area (Å²) in [5.74, 6) is -1.90. The van der Waals surface area contributed by atoms with E-state index in [0.717, 1.165) is 24.3 Å². The predicted octanol–water partition coefficient (Wildman–Crippen LogP) is 4.72. The molecule has 2 aromatic rings. The van der Waals surface area contributed by atoms with Crippen molar-refractivity contribution < 1.29 is 23.7 Å². The Morgan fingerprint density at radius 1 is 1.20 bits per heavy atom. The van der Waals surface area contributed by atoms with Gasteiger partial charge >= 0.3 is 0 Å². The van der Waals surface area contributed by atoms with Gasteiger partial charge in [-0.1, -0.05) is 23.2 Å². The summed E-state index contributed by atoms with van der Waals surface area (Å²) < 4.78 is 12.9. The van der Waals surface area contributed by atoms with Gasteiger partial charge in [0.15, 0.2) is 0 Å². The zero-order valence-corrected chi connectivity index (χ0v) is 17.1. The summed E-state index contributed by atoms with van der Waals surface area (Å²) in [6, 6.07) is 7.20. The molecule has 1 fully saturated rings. The maximum Gasteiger partial charge on any atom is 0.294 e. The summed E-state index contributed by atoms with van der Waals surface area (Å²) in [4.78, 5) is 47.8. The van der Waals surface area contributed by atoms with Crippen molar-refractivity contribution in [3.8, 4) is 0 Å². The fourth-order valence-electron chi connectivity index (χ4n) is 2.46. The molecule has 1 aliphatic heterocycles. The van der Waals surface area contributed by atoms with Crippen molar-refractivity contribution in [3.05, 3.63) is 72.8 Å². The van der Waals surface area contributed by atoms with Crippen LogP contribution in [0.3, 0.4) is 0 Å². The second kappa shape index (κ2) is 8.82. The van der Waals surface area contributed by atoms with Crippen LogP contribution in [0.5, 0.6) is 0 Å². The summed E-state index contributed by atoms with van der Waals surface area (Å²) in [5.41, 5.74) is 0.00317. The summed E-state index contributed by atoms with van der Waals surface area (Å²) in [6.45, 7) is -0.562. The number of anilines is 1. The van der Waals surface area contributed by atoms with Crippen LogP contribution >= 0.6 is 35.0 Å². The number of imide groups is 1. The largest absolute Gasteiger partial charge is 0.325 e. The predicted molar refractivity (Wildman–Crippen MR) is 111 cm³/mol. The zero-order valence-electron chi connectivity index (χ0n) is 14.7. The van der Waals surface area contributed by atoms with E-state index in [4.69, 9.17) is 23.2 Å². The quantitative estimate of drug-likeness (QED) is 0.385. The third kappa shape index (κ3) is 4.78. The van der Waals surface area contributed by atoms with Gasteiger partial charge in [-0.05, 0) is 48.2 Å². The first kappa shape index (κ1) is 21.8. The number of carbonyl (C=O) groups is 3. The van der Waals surface area contributed by atoms with Crippen molar-refractivity contribution in [1.29, 1.82) is 0 Å². The van der Waals surface area contributed by atoms with Gasteiger partial charge in [-0.2, -0.15) is 0 Å². The molecule has 3 amide bonds. The number of rotatable bonds is 5. The lowest BCUT2D eigenvalue weighted by atomic mass is 10.2. The number of carbonyl (C=O) groups excluding carboxylic acids is 3. The van der Waals surface area contributed by atoms with Gasteiger partial charge in [0.25, 0.3) is 16.8 Å². The molecule has 0 aromatic heterocycles. The number of nitrogens with one attached hydrogen (secondary N) is 1. The normalized spacial score (nSPS) is 15.0. The minimum atomic E-state index is -0.757. The summed E-state index contributed by atoms with van der Waals surface area (Å²) in [7, 11) is 0. The molecule has 0 aliphatic carbocycles. The van der Waals surface area contributed by atoms with Gasteiger partial charge < -0.3 is 5.32 Å². The second-order valence-corrected chi connectivity index (χ2v) is 7.71. The first-order valence-corrected chi connectivity index (χ1v) is 9.67. The Morgan fingerprint density at radius 3 is 2.50 bits per heavy atom. The van der Waals surface area contributed by atoms with Crippen LogP contribution in [0.4, 0.5) is 20.6 Å². The molecule has 30 heavy (non-hydrogen) atoms. The Kier molecular flexibility index (Phi) is 6.40. The van der Waals surface area contributed by atoms with Gasteiger partial charge in [0.2, 0.25) is 5.91 Å². The van der Waals surface area contributed by atoms with Crippen molar-refractivity contribution >= 4 is 69.5 Å². The molecule has 1 N–H and O–H groups in total. The fourth-order valence-corrected chi connectivity index (χ4v) is 3.80. The lowest BCUT2D eigenvalue weighted by Gasteiger charge is -2.12. The van der Waals surface area contributed by atoms with E-state index in [0.29, 0.717) is 22.3 Å². The molecule has 0 saturated carbocycles. The van der Waals surface area contributed by atoms with Crippen molar-refractivity contribution in [1.82, 2.24) is 4.90 Å². The fraction of sp³-hybridized carbons (Fsp3) is 0.0556. The highest BCUT2D eigenvalue weighted by molar-refractivity contribution is 8.18. The van der Waals surface area contributed by atoms with E-state index in [1.165, 1.54) is 18.2 Å². The van der Waals surface area contributed by atoms with Crippen molar-refractivity contribution in [2.45, 2.75) is 0 Å². The SMILES string of the molecule is O=C(CN1C(=O)S/C(=C\c2cc([N+](=O)[O-])c(Cl)cc2Cl)C1=O)Nc1ccc(F)cc1. The van der Waals surface area contributed by atoms with Crippen molar-refractivity contribution in [2.24, 2.45) is 0 Å². The topological polar surface area (TPSA) is 110 Å². The van der Waals surface area contributed by atoms with Gasteiger partial charge in [-0.3, -0.25) is 29.4 Å². The number of halogens is 3. The summed E-state index contributed by atoms with van der Waals surface area (Å²) in [5, 5.41) is 12.7. The van der Waals surface area contributed by atoms with Crippen molar-refractivity contribution in [2.75, 3.05) is 11.9 Å². The standard InChI is InChI=1S/C18H10Cl2FN3O5S/c19-12-7-13(20)14(24(28)29)5-9(12)6-15-17(26)23(18(27)30-15)8-16(25)22-11-3-1-10(21)2-4-11/h1-7H,8H2,(H,22,25)/b15-6-. The molecular weight excluding hydrogens is 460 g/mol. The molecule has 1 heterocycles. The van der Waals surface area contributed by atoms with Crippen LogP contribution in [0, 0.1) is 15.9 Å². The van der Waals surface area contributed by atoms with Crippen LogP contribution in [-0.4, -0.2) is 33.4 Å². The highest BCUT2D eigenvalue weighted by Gasteiger charge is 2.36. The van der Waals surface area contributed by atoms with E-state index in [-0.39, 0.29) is 20.5 Å². The van der Waals surface area contributed by atoms with E-state index >= 15 is 0 Å². The Balaban J connectivity index is 1.77. The molecule has 1 aliphatic rings. The Bertz CT molecular complexity index is 1110. The highest BCUT2D eigenvalue weighted by Crippen LogP contribution is 2.36. The number of nitrogens with zero attached hydrogens (tertiary/aromatic N) is 2.